The first kappa shape index (κ1) is 18.3. The Kier molecular flexibility index (Phi) is 4.38. The Bertz CT molecular complexity index is 1530. The first-order chi connectivity index (χ1) is 15.8. The molecule has 32 heavy (non-hydrogen) atoms. The van der Waals surface area contributed by atoms with Crippen LogP contribution in [0.25, 0.3) is 33.1 Å². The number of nitrogens with zero attached hydrogens (tertiary/aromatic N) is 5. The lowest BCUT2D eigenvalue weighted by atomic mass is 10.1. The fourth-order valence-electron chi connectivity index (χ4n) is 3.81. The van der Waals surface area contributed by atoms with Crippen molar-refractivity contribution in [2.45, 2.75) is 13.0 Å². The van der Waals surface area contributed by atoms with Gasteiger partial charge < -0.3 is 20.6 Å². The molecular weight excluding hydrogens is 406 g/mol. The zero-order valence-corrected chi connectivity index (χ0v) is 17.0. The molecule has 0 aliphatic carbocycles. The van der Waals surface area contributed by atoms with Gasteiger partial charge in [-0.2, -0.15) is 9.97 Å². The molecule has 0 unspecified atom stereocenters. The lowest BCUT2D eigenvalue weighted by molar-refractivity contribution is 0.315. The van der Waals surface area contributed by atoms with Crippen LogP contribution >= 0.6 is 0 Å². The van der Waals surface area contributed by atoms with Gasteiger partial charge in [-0.1, -0.05) is 24.3 Å². The quantitative estimate of drug-likeness (QED) is 0.305. The normalized spacial score (nSPS) is 11.5. The highest BCUT2D eigenvalue weighted by Crippen LogP contribution is 2.21. The standard InChI is InChI=1S/C22H19N9O/c1-2-4-16-15(3-1)14(11-24-16)7-8-23-22-28-20(19-21(29-22)27-12-26-19)25-10-13-5-6-17-18(9-13)31-32-30-17/h1-6,9,11-12,24H,7-8,10H2,(H3,23,25,26,27,28,29). The zero-order chi connectivity index (χ0) is 21.3. The van der Waals surface area contributed by atoms with Crippen LogP contribution in [-0.2, 0) is 13.0 Å². The van der Waals surface area contributed by atoms with Gasteiger partial charge in [0.05, 0.1) is 6.33 Å². The van der Waals surface area contributed by atoms with Gasteiger partial charge in [0.2, 0.25) is 5.95 Å². The van der Waals surface area contributed by atoms with Crippen LogP contribution in [0.5, 0.6) is 0 Å². The summed E-state index contributed by atoms with van der Waals surface area (Å²) in [4.78, 5) is 19.9. The largest absolute Gasteiger partial charge is 0.364 e. The summed E-state index contributed by atoms with van der Waals surface area (Å²) in [5.74, 6) is 1.21. The highest BCUT2D eigenvalue weighted by Gasteiger charge is 2.11. The lowest BCUT2D eigenvalue weighted by Gasteiger charge is -2.10. The molecular formula is C22H19N9O. The van der Waals surface area contributed by atoms with Crippen LogP contribution < -0.4 is 10.6 Å². The molecule has 0 amide bonds. The monoisotopic (exact) mass is 425 g/mol. The number of nitrogens with one attached hydrogen (secondary N) is 4. The first-order valence-electron chi connectivity index (χ1n) is 10.3. The zero-order valence-electron chi connectivity index (χ0n) is 17.0. The van der Waals surface area contributed by atoms with Gasteiger partial charge >= 0.3 is 0 Å². The first-order valence-corrected chi connectivity index (χ1v) is 10.3. The number of aromatic amines is 2. The minimum Gasteiger partial charge on any atom is -0.364 e. The summed E-state index contributed by atoms with van der Waals surface area (Å²) in [6, 6.07) is 14.1. The molecule has 6 rings (SSSR count). The highest BCUT2D eigenvalue weighted by molar-refractivity contribution is 5.84. The van der Waals surface area contributed by atoms with E-state index in [0.717, 1.165) is 34.1 Å². The van der Waals surface area contributed by atoms with Gasteiger partial charge in [0, 0.05) is 30.2 Å². The van der Waals surface area contributed by atoms with Gasteiger partial charge in [-0.05, 0) is 46.1 Å². The Labute approximate surface area is 181 Å². The van der Waals surface area contributed by atoms with E-state index in [1.807, 2.05) is 24.3 Å². The molecule has 10 heteroatoms. The third-order valence-corrected chi connectivity index (χ3v) is 5.42. The average molecular weight is 425 g/mol. The van der Waals surface area contributed by atoms with Crippen molar-refractivity contribution in [3.05, 3.63) is 66.1 Å². The molecule has 158 valence electrons. The van der Waals surface area contributed by atoms with E-state index >= 15 is 0 Å². The Balaban J connectivity index is 1.18. The Morgan fingerprint density at radius 2 is 1.88 bits per heavy atom. The van der Waals surface area contributed by atoms with Gasteiger partial charge in [0.25, 0.3) is 0 Å². The second-order valence-corrected chi connectivity index (χ2v) is 7.47. The van der Waals surface area contributed by atoms with Gasteiger partial charge in [-0.15, -0.1) is 0 Å². The van der Waals surface area contributed by atoms with Crippen LogP contribution in [0.4, 0.5) is 11.8 Å². The number of imidazole rings is 1. The summed E-state index contributed by atoms with van der Waals surface area (Å²) in [5, 5.41) is 15.7. The number of hydrogen-bond donors (Lipinski definition) is 4. The second kappa shape index (κ2) is 7.65. The number of aromatic nitrogens is 7. The molecule has 0 spiro atoms. The van der Waals surface area contributed by atoms with Crippen LogP contribution in [0.3, 0.4) is 0 Å². The van der Waals surface area contributed by atoms with Gasteiger partial charge in [-0.3, -0.25) is 0 Å². The van der Waals surface area contributed by atoms with Gasteiger partial charge in [0.15, 0.2) is 11.5 Å². The molecule has 0 radical (unpaired) electrons. The average Bonchev–Trinajstić information content (AvgIpc) is 3.57. The van der Waals surface area contributed by atoms with E-state index in [1.165, 1.54) is 10.9 Å². The Hall–Kier alpha value is -4.47. The second-order valence-electron chi connectivity index (χ2n) is 7.47. The summed E-state index contributed by atoms with van der Waals surface area (Å²) in [7, 11) is 0. The van der Waals surface area contributed by atoms with Gasteiger partial charge in [-0.25, -0.2) is 9.61 Å². The minimum absolute atomic E-state index is 0.531. The van der Waals surface area contributed by atoms with Gasteiger partial charge in [0.1, 0.15) is 16.6 Å². The molecule has 10 nitrogen and oxygen atoms in total. The van der Waals surface area contributed by atoms with Crippen molar-refractivity contribution in [3.63, 3.8) is 0 Å². The van der Waals surface area contributed by atoms with E-state index in [4.69, 9.17) is 4.63 Å². The number of H-pyrrole nitrogens is 2. The molecule has 0 atom stereocenters. The third kappa shape index (κ3) is 3.37. The molecule has 0 saturated heterocycles. The van der Waals surface area contributed by atoms with Crippen molar-refractivity contribution in [1.29, 1.82) is 0 Å². The van der Waals surface area contributed by atoms with E-state index in [9.17, 15) is 0 Å². The van der Waals surface area contributed by atoms with Crippen LogP contribution in [-0.4, -0.2) is 41.8 Å². The maximum Gasteiger partial charge on any atom is 0.226 e. The summed E-state index contributed by atoms with van der Waals surface area (Å²) < 4.78 is 4.77. The SMILES string of the molecule is c1ccc2c(CCNc3nc(NCc4ccc5nonc5c4)c4[nH]cnc4n3)c[nH]c2c1. The summed E-state index contributed by atoms with van der Waals surface area (Å²) >= 11 is 0. The predicted molar refractivity (Wildman–Crippen MR) is 121 cm³/mol. The summed E-state index contributed by atoms with van der Waals surface area (Å²) in [6.07, 6.45) is 4.52. The number of hydrogen-bond acceptors (Lipinski definition) is 8. The summed E-state index contributed by atoms with van der Waals surface area (Å²) in [5.41, 5.74) is 6.25. The van der Waals surface area contributed by atoms with Crippen LogP contribution in [0, 0.1) is 0 Å². The Morgan fingerprint density at radius 1 is 0.938 bits per heavy atom. The number of fused-ring (bicyclic) bond motifs is 3. The van der Waals surface area contributed by atoms with E-state index in [2.05, 4.69) is 70.3 Å². The molecule has 2 aromatic carbocycles. The number of anilines is 2. The van der Waals surface area contributed by atoms with E-state index in [1.54, 1.807) is 6.33 Å². The predicted octanol–water partition coefficient (Wildman–Crippen LogP) is 3.64. The van der Waals surface area contributed by atoms with Crippen molar-refractivity contribution in [3.8, 4) is 0 Å². The molecule has 4 N–H and O–H groups in total. The lowest BCUT2D eigenvalue weighted by Crippen LogP contribution is -2.10. The molecule has 4 aromatic heterocycles. The van der Waals surface area contributed by atoms with E-state index in [-0.39, 0.29) is 0 Å². The molecule has 6 aromatic rings. The minimum atomic E-state index is 0.531. The number of para-hydroxylation sites is 1. The maximum atomic E-state index is 4.77. The Morgan fingerprint density at radius 3 is 2.88 bits per heavy atom. The van der Waals surface area contributed by atoms with E-state index in [0.29, 0.717) is 30.5 Å². The molecule has 0 saturated carbocycles. The number of benzene rings is 2. The van der Waals surface area contributed by atoms with Crippen molar-refractivity contribution >= 4 is 44.9 Å². The molecule has 0 aliphatic rings. The van der Waals surface area contributed by atoms with Crippen molar-refractivity contribution < 1.29 is 4.63 Å². The molecule has 0 fully saturated rings. The fourth-order valence-corrected chi connectivity index (χ4v) is 3.81. The highest BCUT2D eigenvalue weighted by atomic mass is 16.6. The molecule has 0 bridgehead atoms. The van der Waals surface area contributed by atoms with Crippen LogP contribution in [0.1, 0.15) is 11.1 Å². The molecule has 4 heterocycles. The maximum absolute atomic E-state index is 4.77. The number of rotatable bonds is 7. The van der Waals surface area contributed by atoms with Crippen molar-refractivity contribution in [1.82, 2.24) is 35.2 Å². The smallest absolute Gasteiger partial charge is 0.226 e. The van der Waals surface area contributed by atoms with Crippen molar-refractivity contribution in [2.75, 3.05) is 17.2 Å². The molecule has 0 aliphatic heterocycles. The van der Waals surface area contributed by atoms with Crippen LogP contribution in [0.2, 0.25) is 0 Å². The fraction of sp³-hybridized carbons (Fsp3) is 0.136. The van der Waals surface area contributed by atoms with E-state index < -0.39 is 0 Å². The topological polar surface area (TPSA) is 133 Å². The third-order valence-electron chi connectivity index (χ3n) is 5.42. The van der Waals surface area contributed by atoms with Crippen molar-refractivity contribution in [2.24, 2.45) is 0 Å². The van der Waals surface area contributed by atoms with Crippen LogP contribution in [0.15, 0.2) is 59.6 Å². The summed E-state index contributed by atoms with van der Waals surface area (Å²) in [6.45, 7) is 1.26.